The van der Waals surface area contributed by atoms with Crippen LogP contribution in [0.25, 0.3) is 22.2 Å². The molecule has 31 heavy (non-hydrogen) atoms. The molecule has 2 aromatic carbocycles. The van der Waals surface area contributed by atoms with Gasteiger partial charge in [-0.2, -0.15) is 18.3 Å². The zero-order chi connectivity index (χ0) is 22.2. The van der Waals surface area contributed by atoms with Crippen molar-refractivity contribution >= 4 is 28.4 Å². The monoisotopic (exact) mass is 427 g/mol. The zero-order valence-electron chi connectivity index (χ0n) is 16.1. The van der Waals surface area contributed by atoms with Crippen LogP contribution in [0.15, 0.2) is 59.4 Å². The van der Waals surface area contributed by atoms with Crippen molar-refractivity contribution in [1.29, 1.82) is 0 Å². The number of nitrogens with one attached hydrogen (secondary N) is 4. The fraction of sp³-hybridized carbons (Fsp3) is 0.0952. The minimum atomic E-state index is -4.50. The van der Waals surface area contributed by atoms with Crippen molar-refractivity contribution in [2.24, 2.45) is 0 Å². The van der Waals surface area contributed by atoms with E-state index < -0.39 is 17.8 Å². The van der Waals surface area contributed by atoms with Gasteiger partial charge in [-0.15, -0.1) is 0 Å². The number of aromatic amines is 2. The molecular weight excluding hydrogens is 411 g/mol. The van der Waals surface area contributed by atoms with Crippen LogP contribution in [-0.2, 0) is 6.18 Å². The third-order valence-electron chi connectivity index (χ3n) is 4.64. The van der Waals surface area contributed by atoms with Crippen LogP contribution < -0.4 is 16.2 Å². The second kappa shape index (κ2) is 7.63. The van der Waals surface area contributed by atoms with Crippen LogP contribution in [0.5, 0.6) is 0 Å². The maximum Gasteiger partial charge on any atom is 0.416 e. The van der Waals surface area contributed by atoms with Gasteiger partial charge in [0.15, 0.2) is 5.65 Å². The molecular formula is C21H16F3N5O2. The number of hydrogen-bond acceptors (Lipinski definition) is 3. The van der Waals surface area contributed by atoms with E-state index in [1.54, 1.807) is 24.3 Å². The lowest BCUT2D eigenvalue weighted by atomic mass is 10.0. The highest BCUT2D eigenvalue weighted by Gasteiger charge is 2.30. The maximum absolute atomic E-state index is 12.8. The highest BCUT2D eigenvalue weighted by Crippen LogP contribution is 2.31. The summed E-state index contributed by atoms with van der Waals surface area (Å²) in [7, 11) is 0. The van der Waals surface area contributed by atoms with E-state index in [4.69, 9.17) is 0 Å². The predicted octanol–water partition coefficient (Wildman–Crippen LogP) is 4.89. The Hall–Kier alpha value is -4.08. The highest BCUT2D eigenvalue weighted by atomic mass is 19.4. The van der Waals surface area contributed by atoms with Gasteiger partial charge in [0.05, 0.1) is 5.56 Å². The van der Waals surface area contributed by atoms with Crippen LogP contribution in [0.3, 0.4) is 0 Å². The van der Waals surface area contributed by atoms with Crippen LogP contribution in [0.2, 0.25) is 0 Å². The molecule has 0 unspecified atom stereocenters. The number of benzene rings is 2. The van der Waals surface area contributed by atoms with Crippen LogP contribution in [0, 0.1) is 6.92 Å². The van der Waals surface area contributed by atoms with Gasteiger partial charge < -0.3 is 15.6 Å². The van der Waals surface area contributed by atoms with Crippen molar-refractivity contribution in [1.82, 2.24) is 15.2 Å². The summed E-state index contributed by atoms with van der Waals surface area (Å²) in [6, 6.07) is 11.8. The molecule has 158 valence electrons. The Morgan fingerprint density at radius 1 is 1.00 bits per heavy atom. The van der Waals surface area contributed by atoms with Crippen molar-refractivity contribution < 1.29 is 18.0 Å². The summed E-state index contributed by atoms with van der Waals surface area (Å²) in [5.74, 6) is 0. The van der Waals surface area contributed by atoms with Crippen molar-refractivity contribution in [3.8, 4) is 11.1 Å². The molecule has 4 aromatic rings. The zero-order valence-corrected chi connectivity index (χ0v) is 16.1. The molecule has 0 spiro atoms. The Bertz CT molecular complexity index is 1320. The summed E-state index contributed by atoms with van der Waals surface area (Å²) in [4.78, 5) is 26.7. The van der Waals surface area contributed by atoms with E-state index in [0.717, 1.165) is 28.8 Å². The van der Waals surface area contributed by atoms with Gasteiger partial charge in [0, 0.05) is 28.5 Å². The largest absolute Gasteiger partial charge is 0.416 e. The molecule has 0 saturated carbocycles. The second-order valence-corrected chi connectivity index (χ2v) is 6.85. The average molecular weight is 427 g/mol. The van der Waals surface area contributed by atoms with E-state index in [-0.39, 0.29) is 11.2 Å². The molecule has 2 heterocycles. The summed E-state index contributed by atoms with van der Waals surface area (Å²) in [5, 5.41) is 12.6. The highest BCUT2D eigenvalue weighted by molar-refractivity contribution is 6.00. The molecule has 0 radical (unpaired) electrons. The molecule has 0 bridgehead atoms. The van der Waals surface area contributed by atoms with Crippen LogP contribution >= 0.6 is 0 Å². The van der Waals surface area contributed by atoms with E-state index in [0.29, 0.717) is 16.9 Å². The Morgan fingerprint density at radius 3 is 2.42 bits per heavy atom. The number of pyridine rings is 1. The van der Waals surface area contributed by atoms with E-state index >= 15 is 0 Å². The number of carbonyl (C=O) groups is 1. The topological polar surface area (TPSA) is 103 Å². The van der Waals surface area contributed by atoms with E-state index in [2.05, 4.69) is 25.8 Å². The molecule has 7 nitrogen and oxygen atoms in total. The van der Waals surface area contributed by atoms with Gasteiger partial charge in [0.25, 0.3) is 0 Å². The number of amides is 2. The third-order valence-corrected chi connectivity index (χ3v) is 4.64. The van der Waals surface area contributed by atoms with Crippen molar-refractivity contribution in [3.05, 3.63) is 76.2 Å². The molecule has 2 aromatic heterocycles. The number of urea groups is 1. The third kappa shape index (κ3) is 4.27. The number of aromatic nitrogens is 3. The minimum Gasteiger partial charge on any atom is -0.308 e. The second-order valence-electron chi connectivity index (χ2n) is 6.85. The van der Waals surface area contributed by atoms with Gasteiger partial charge in [-0.3, -0.25) is 9.89 Å². The summed E-state index contributed by atoms with van der Waals surface area (Å²) < 4.78 is 38.4. The van der Waals surface area contributed by atoms with Gasteiger partial charge in [-0.05, 0) is 48.4 Å². The molecule has 0 aliphatic heterocycles. The number of halogens is 3. The summed E-state index contributed by atoms with van der Waals surface area (Å²) >= 11 is 0. The standard InChI is InChI=1S/C21H16F3N5O2/c1-11-18-16(10-17(30)27-19(18)29-28-11)12-5-7-14(8-6-12)25-20(31)26-15-4-2-3-13(9-15)21(22,23)24/h2-10H,1H3,(H2,25,26,31)(H2,27,28,29,30). The summed E-state index contributed by atoms with van der Waals surface area (Å²) in [6.45, 7) is 1.84. The summed E-state index contributed by atoms with van der Waals surface area (Å²) in [5.41, 5.74) is 1.97. The lowest BCUT2D eigenvalue weighted by Crippen LogP contribution is -2.19. The Balaban J connectivity index is 1.52. The van der Waals surface area contributed by atoms with Gasteiger partial charge in [0.2, 0.25) is 5.56 Å². The number of hydrogen-bond donors (Lipinski definition) is 4. The van der Waals surface area contributed by atoms with E-state index in [9.17, 15) is 22.8 Å². The van der Waals surface area contributed by atoms with Crippen LogP contribution in [0.1, 0.15) is 11.3 Å². The predicted molar refractivity (Wildman–Crippen MR) is 111 cm³/mol. The number of carbonyl (C=O) groups excluding carboxylic acids is 1. The Morgan fingerprint density at radius 2 is 1.71 bits per heavy atom. The lowest BCUT2D eigenvalue weighted by molar-refractivity contribution is -0.137. The lowest BCUT2D eigenvalue weighted by Gasteiger charge is -2.11. The number of fused-ring (bicyclic) bond motifs is 1. The SMILES string of the molecule is Cc1[nH]nc2[nH]c(=O)cc(-c3ccc(NC(=O)Nc4cccc(C(F)(F)F)c4)cc3)c12. The molecule has 0 fully saturated rings. The molecule has 0 aliphatic carbocycles. The summed E-state index contributed by atoms with van der Waals surface area (Å²) in [6.07, 6.45) is -4.50. The van der Waals surface area contributed by atoms with Gasteiger partial charge in [-0.25, -0.2) is 4.79 Å². The first-order chi connectivity index (χ1) is 14.7. The first-order valence-corrected chi connectivity index (χ1v) is 9.14. The molecule has 2 amide bonds. The normalized spacial score (nSPS) is 11.5. The average Bonchev–Trinajstić information content (AvgIpc) is 3.08. The van der Waals surface area contributed by atoms with Crippen LogP contribution in [-0.4, -0.2) is 21.2 Å². The molecule has 0 atom stereocenters. The number of aryl methyl sites for hydroxylation is 1. The molecule has 0 aliphatic rings. The van der Waals surface area contributed by atoms with Gasteiger partial charge in [-0.1, -0.05) is 18.2 Å². The Kier molecular flexibility index (Phi) is 4.97. The maximum atomic E-state index is 12.8. The molecule has 4 rings (SSSR count). The van der Waals surface area contributed by atoms with Crippen molar-refractivity contribution in [2.45, 2.75) is 13.1 Å². The van der Waals surface area contributed by atoms with E-state index in [1.807, 2.05) is 6.92 Å². The molecule has 4 N–H and O–H groups in total. The van der Waals surface area contributed by atoms with Gasteiger partial charge in [0.1, 0.15) is 0 Å². The van der Waals surface area contributed by atoms with Gasteiger partial charge >= 0.3 is 12.2 Å². The van der Waals surface area contributed by atoms with Crippen LogP contribution in [0.4, 0.5) is 29.3 Å². The smallest absolute Gasteiger partial charge is 0.308 e. The van der Waals surface area contributed by atoms with E-state index in [1.165, 1.54) is 18.2 Å². The first kappa shape index (κ1) is 20.2. The van der Waals surface area contributed by atoms with Crippen molar-refractivity contribution in [3.63, 3.8) is 0 Å². The Labute approximate surface area is 173 Å². The number of anilines is 2. The quantitative estimate of drug-likeness (QED) is 0.374. The fourth-order valence-corrected chi connectivity index (χ4v) is 3.23. The minimum absolute atomic E-state index is 0.0188. The fourth-order valence-electron chi connectivity index (χ4n) is 3.23. The number of rotatable bonds is 3. The number of H-pyrrole nitrogens is 2. The molecule has 10 heteroatoms. The first-order valence-electron chi connectivity index (χ1n) is 9.14. The van der Waals surface area contributed by atoms with Crippen molar-refractivity contribution in [2.75, 3.05) is 10.6 Å². The number of nitrogens with zero attached hydrogens (tertiary/aromatic N) is 1. The number of alkyl halides is 3. The molecule has 0 saturated heterocycles.